The first-order valence-electron chi connectivity index (χ1n) is 12.0. The van der Waals surface area contributed by atoms with Gasteiger partial charge in [-0.3, -0.25) is 9.59 Å². The van der Waals surface area contributed by atoms with Crippen LogP contribution in [0.25, 0.3) is 0 Å². The molecule has 1 fully saturated rings. The van der Waals surface area contributed by atoms with E-state index in [0.717, 1.165) is 46.8 Å². The van der Waals surface area contributed by atoms with Crippen molar-refractivity contribution in [1.82, 2.24) is 10.2 Å². The lowest BCUT2D eigenvalue weighted by Gasteiger charge is -2.32. The smallest absolute Gasteiger partial charge is 0.261 e. The normalized spacial score (nSPS) is 15.0. The van der Waals surface area contributed by atoms with E-state index in [0.29, 0.717) is 23.7 Å². The number of amides is 2. The molecule has 2 aromatic carbocycles. The van der Waals surface area contributed by atoms with Gasteiger partial charge in [0.25, 0.3) is 5.91 Å². The second-order valence-corrected chi connectivity index (χ2v) is 10.3. The molecular weight excluding hydrogens is 516 g/mol. The van der Waals surface area contributed by atoms with Crippen molar-refractivity contribution in [2.24, 2.45) is 0 Å². The maximum Gasteiger partial charge on any atom is 0.261 e. The molecule has 34 heavy (non-hydrogen) atoms. The van der Waals surface area contributed by atoms with Crippen LogP contribution in [0.1, 0.15) is 62.1 Å². The molecule has 1 aliphatic rings. The Morgan fingerprint density at radius 3 is 2.32 bits per heavy atom. The summed E-state index contributed by atoms with van der Waals surface area (Å²) in [6.07, 6.45) is 6.01. The highest BCUT2D eigenvalue weighted by Crippen LogP contribution is 2.26. The van der Waals surface area contributed by atoms with Crippen LogP contribution in [-0.4, -0.2) is 35.4 Å². The third-order valence-corrected chi connectivity index (χ3v) is 7.88. The van der Waals surface area contributed by atoms with Crippen molar-refractivity contribution in [2.75, 3.05) is 6.61 Å². The van der Waals surface area contributed by atoms with Crippen molar-refractivity contribution in [3.63, 3.8) is 0 Å². The number of ether oxygens (including phenoxy) is 1. The molecule has 1 N–H and O–H groups in total. The van der Waals surface area contributed by atoms with Crippen molar-refractivity contribution >= 4 is 39.3 Å². The lowest BCUT2D eigenvalue weighted by molar-refractivity contribution is -0.143. The van der Waals surface area contributed by atoms with E-state index in [1.165, 1.54) is 6.42 Å². The van der Waals surface area contributed by atoms with Crippen molar-refractivity contribution in [3.8, 4) is 5.75 Å². The molecule has 3 rings (SSSR count). The second kappa shape index (κ2) is 12.6. The van der Waals surface area contributed by atoms with E-state index in [-0.39, 0.29) is 24.5 Å². The molecule has 0 unspecified atom stereocenters. The molecule has 184 valence electrons. The maximum atomic E-state index is 13.4. The van der Waals surface area contributed by atoms with Gasteiger partial charge in [0.1, 0.15) is 11.8 Å². The fraction of sp³-hybridized carbons (Fsp3) is 0.481. The lowest BCUT2D eigenvalue weighted by atomic mass is 9.95. The van der Waals surface area contributed by atoms with Gasteiger partial charge in [-0.2, -0.15) is 0 Å². The van der Waals surface area contributed by atoms with Gasteiger partial charge in [0.15, 0.2) is 6.61 Å². The molecule has 0 aliphatic heterocycles. The molecule has 5 nitrogen and oxygen atoms in total. The molecule has 0 bridgehead atoms. The van der Waals surface area contributed by atoms with Gasteiger partial charge in [0.05, 0.1) is 0 Å². The van der Waals surface area contributed by atoms with E-state index in [4.69, 9.17) is 16.3 Å². The first-order valence-corrected chi connectivity index (χ1v) is 13.2. The highest BCUT2D eigenvalue weighted by atomic mass is 79.9. The van der Waals surface area contributed by atoms with E-state index in [2.05, 4.69) is 21.2 Å². The quantitative estimate of drug-likeness (QED) is 0.396. The second-order valence-electron chi connectivity index (χ2n) is 9.08. The molecule has 0 spiro atoms. The summed E-state index contributed by atoms with van der Waals surface area (Å²) in [5.74, 6) is 0.323. The maximum absolute atomic E-state index is 13.4. The number of hydrogen-bond donors (Lipinski definition) is 1. The van der Waals surface area contributed by atoms with Gasteiger partial charge < -0.3 is 15.0 Å². The van der Waals surface area contributed by atoms with Crippen molar-refractivity contribution in [3.05, 3.63) is 62.6 Å². The molecule has 1 aliphatic carbocycles. The zero-order chi connectivity index (χ0) is 24.7. The summed E-state index contributed by atoms with van der Waals surface area (Å²) in [6.45, 7) is 6.09. The Hall–Kier alpha value is -2.05. The minimum Gasteiger partial charge on any atom is -0.484 e. The Balaban J connectivity index is 1.77. The Morgan fingerprint density at radius 2 is 1.74 bits per heavy atom. The van der Waals surface area contributed by atoms with Gasteiger partial charge in [-0.15, -0.1) is 0 Å². The van der Waals surface area contributed by atoms with Crippen molar-refractivity contribution in [2.45, 2.75) is 77.9 Å². The van der Waals surface area contributed by atoms with Gasteiger partial charge in [-0.05, 0) is 74.1 Å². The van der Waals surface area contributed by atoms with Gasteiger partial charge >= 0.3 is 0 Å². The fourth-order valence-corrected chi connectivity index (χ4v) is 4.82. The van der Waals surface area contributed by atoms with Crippen LogP contribution in [0, 0.1) is 13.8 Å². The number of carbonyl (C=O) groups is 2. The van der Waals surface area contributed by atoms with Gasteiger partial charge in [0, 0.05) is 22.1 Å². The summed E-state index contributed by atoms with van der Waals surface area (Å²) in [5.41, 5.74) is 2.99. The SMILES string of the molecule is CC[C@@H](C(=O)NC1CCCCC1)N(Cc1ccc(Cl)cc1)C(=O)COc1cc(C)c(Br)c(C)c1. The Morgan fingerprint density at radius 1 is 1.12 bits per heavy atom. The third kappa shape index (κ3) is 7.22. The Bertz CT molecular complexity index is 967. The number of benzene rings is 2. The molecule has 7 heteroatoms. The lowest BCUT2D eigenvalue weighted by Crippen LogP contribution is -2.52. The average molecular weight is 550 g/mol. The Labute approximate surface area is 216 Å². The number of rotatable bonds is 9. The van der Waals surface area contributed by atoms with E-state index in [9.17, 15) is 9.59 Å². The molecule has 0 aromatic heterocycles. The summed E-state index contributed by atoms with van der Waals surface area (Å²) in [5, 5.41) is 3.83. The number of carbonyl (C=O) groups excluding carboxylic acids is 2. The number of nitrogens with zero attached hydrogens (tertiary/aromatic N) is 1. The van der Waals surface area contributed by atoms with E-state index in [1.807, 2.05) is 45.0 Å². The van der Waals surface area contributed by atoms with Crippen LogP contribution in [-0.2, 0) is 16.1 Å². The summed E-state index contributed by atoms with van der Waals surface area (Å²) < 4.78 is 6.91. The molecule has 1 atom stereocenters. The zero-order valence-corrected chi connectivity index (χ0v) is 22.5. The minimum absolute atomic E-state index is 0.0907. The van der Waals surface area contributed by atoms with Crippen molar-refractivity contribution < 1.29 is 14.3 Å². The van der Waals surface area contributed by atoms with Crippen LogP contribution in [0.15, 0.2) is 40.9 Å². The highest BCUT2D eigenvalue weighted by molar-refractivity contribution is 9.10. The number of nitrogens with one attached hydrogen (secondary N) is 1. The van der Waals surface area contributed by atoms with E-state index >= 15 is 0 Å². The predicted molar refractivity (Wildman–Crippen MR) is 140 cm³/mol. The van der Waals surface area contributed by atoms with E-state index < -0.39 is 6.04 Å². The summed E-state index contributed by atoms with van der Waals surface area (Å²) in [4.78, 5) is 28.3. The van der Waals surface area contributed by atoms with Crippen LogP contribution < -0.4 is 10.1 Å². The van der Waals surface area contributed by atoms with Gasteiger partial charge in [0.2, 0.25) is 5.91 Å². The topological polar surface area (TPSA) is 58.6 Å². The number of aryl methyl sites for hydroxylation is 2. The number of halogens is 2. The van der Waals surface area contributed by atoms with Crippen LogP contribution >= 0.6 is 27.5 Å². The van der Waals surface area contributed by atoms with Crippen molar-refractivity contribution in [1.29, 1.82) is 0 Å². The molecule has 0 radical (unpaired) electrons. The Kier molecular flexibility index (Phi) is 9.84. The molecular formula is C27H34BrClN2O3. The molecule has 2 amide bonds. The fourth-order valence-electron chi connectivity index (χ4n) is 4.47. The van der Waals surface area contributed by atoms with Gasteiger partial charge in [-0.1, -0.05) is 65.8 Å². The third-order valence-electron chi connectivity index (χ3n) is 6.38. The van der Waals surface area contributed by atoms with E-state index in [1.54, 1.807) is 17.0 Å². The molecule has 0 heterocycles. The standard InChI is InChI=1S/C27H34BrClN2O3/c1-4-24(27(33)30-22-8-6-5-7-9-22)31(16-20-10-12-21(29)13-11-20)25(32)17-34-23-14-18(2)26(28)19(3)15-23/h10-15,22,24H,4-9,16-17H2,1-3H3,(H,30,33)/t24-/m0/s1. The summed E-state index contributed by atoms with van der Waals surface area (Å²) in [6, 6.07) is 10.8. The number of hydrogen-bond acceptors (Lipinski definition) is 3. The summed E-state index contributed by atoms with van der Waals surface area (Å²) >= 11 is 9.60. The average Bonchev–Trinajstić information content (AvgIpc) is 2.82. The zero-order valence-electron chi connectivity index (χ0n) is 20.2. The largest absolute Gasteiger partial charge is 0.484 e. The predicted octanol–water partition coefficient (Wildman–Crippen LogP) is 6.35. The summed E-state index contributed by atoms with van der Waals surface area (Å²) in [7, 11) is 0. The van der Waals surface area contributed by atoms with Crippen LogP contribution in [0.2, 0.25) is 5.02 Å². The van der Waals surface area contributed by atoms with Gasteiger partial charge in [-0.25, -0.2) is 0 Å². The molecule has 1 saturated carbocycles. The molecule has 0 saturated heterocycles. The monoisotopic (exact) mass is 548 g/mol. The van der Waals surface area contributed by atoms with Crippen LogP contribution in [0.4, 0.5) is 0 Å². The van der Waals surface area contributed by atoms with Crippen LogP contribution in [0.5, 0.6) is 5.75 Å². The first-order chi connectivity index (χ1) is 16.3. The van der Waals surface area contributed by atoms with Crippen LogP contribution in [0.3, 0.4) is 0 Å². The highest BCUT2D eigenvalue weighted by Gasteiger charge is 2.30. The first kappa shape index (κ1) is 26.6. The molecule has 2 aromatic rings. The minimum atomic E-state index is -0.568.